The topological polar surface area (TPSA) is 105 Å². The lowest BCUT2D eigenvalue weighted by Crippen LogP contribution is -2.23. The van der Waals surface area contributed by atoms with Crippen LogP contribution in [0.2, 0.25) is 0 Å². The SMILES string of the molecule is CCCC(CNc1ccc2scnc2c1[N+](=O)[O-])C(=O)O. The lowest BCUT2D eigenvalue weighted by Gasteiger charge is -2.13. The van der Waals surface area contributed by atoms with Crippen molar-refractivity contribution in [1.82, 2.24) is 4.98 Å². The molecule has 0 amide bonds. The normalized spacial score (nSPS) is 12.2. The molecule has 0 saturated carbocycles. The van der Waals surface area contributed by atoms with Crippen LogP contribution >= 0.6 is 11.3 Å². The molecule has 0 aliphatic heterocycles. The summed E-state index contributed by atoms with van der Waals surface area (Å²) in [6.07, 6.45) is 1.26. The molecule has 1 aromatic carbocycles. The number of carbonyl (C=O) groups is 1. The third kappa shape index (κ3) is 3.27. The first-order valence-electron chi connectivity index (χ1n) is 6.51. The number of nitro groups is 1. The maximum absolute atomic E-state index is 11.3. The Hall–Kier alpha value is -2.22. The Kier molecular flexibility index (Phi) is 4.69. The highest BCUT2D eigenvalue weighted by molar-refractivity contribution is 7.16. The molecule has 2 rings (SSSR count). The molecule has 0 bridgehead atoms. The van der Waals surface area contributed by atoms with Crippen LogP contribution in [0.25, 0.3) is 10.2 Å². The van der Waals surface area contributed by atoms with Gasteiger partial charge in [-0.3, -0.25) is 14.9 Å². The Bertz CT molecular complexity index is 670. The number of nitrogens with zero attached hydrogens (tertiary/aromatic N) is 2. The van der Waals surface area contributed by atoms with Gasteiger partial charge in [0.25, 0.3) is 0 Å². The van der Waals surface area contributed by atoms with E-state index in [1.54, 1.807) is 17.6 Å². The molecule has 0 radical (unpaired) electrons. The van der Waals surface area contributed by atoms with Gasteiger partial charge in [-0.25, -0.2) is 4.98 Å². The number of nitrogens with one attached hydrogen (secondary N) is 1. The number of fused-ring (bicyclic) bond motifs is 1. The molecule has 7 nitrogen and oxygen atoms in total. The maximum Gasteiger partial charge on any atom is 0.319 e. The Balaban J connectivity index is 2.27. The van der Waals surface area contributed by atoms with E-state index < -0.39 is 16.8 Å². The van der Waals surface area contributed by atoms with Gasteiger partial charge in [0.15, 0.2) is 5.52 Å². The second-order valence-corrected chi connectivity index (χ2v) is 5.51. The van der Waals surface area contributed by atoms with Gasteiger partial charge in [-0.15, -0.1) is 11.3 Å². The number of aromatic nitrogens is 1. The fourth-order valence-electron chi connectivity index (χ4n) is 2.14. The number of thiazole rings is 1. The van der Waals surface area contributed by atoms with Crippen LogP contribution < -0.4 is 5.32 Å². The van der Waals surface area contributed by atoms with Crippen LogP contribution in [0.4, 0.5) is 11.4 Å². The largest absolute Gasteiger partial charge is 0.481 e. The summed E-state index contributed by atoms with van der Waals surface area (Å²) in [7, 11) is 0. The van der Waals surface area contributed by atoms with Crippen LogP contribution in [0.3, 0.4) is 0 Å². The van der Waals surface area contributed by atoms with Crippen molar-refractivity contribution in [2.75, 3.05) is 11.9 Å². The van der Waals surface area contributed by atoms with Crippen molar-refractivity contribution in [2.24, 2.45) is 5.92 Å². The van der Waals surface area contributed by atoms with Gasteiger partial charge in [0, 0.05) is 6.54 Å². The van der Waals surface area contributed by atoms with Crippen LogP contribution in [0.15, 0.2) is 17.6 Å². The molecule has 0 saturated heterocycles. The Labute approximate surface area is 124 Å². The zero-order valence-electron chi connectivity index (χ0n) is 11.4. The van der Waals surface area contributed by atoms with Crippen LogP contribution in [-0.4, -0.2) is 27.5 Å². The summed E-state index contributed by atoms with van der Waals surface area (Å²) in [6.45, 7) is 2.05. The summed E-state index contributed by atoms with van der Waals surface area (Å²) in [5.41, 5.74) is 2.09. The average molecular weight is 309 g/mol. The minimum absolute atomic E-state index is 0.102. The number of carboxylic acid groups (broad SMARTS) is 1. The van der Waals surface area contributed by atoms with Crippen LogP contribution in [-0.2, 0) is 4.79 Å². The summed E-state index contributed by atoms with van der Waals surface area (Å²) in [4.78, 5) is 25.9. The molecule has 0 aliphatic carbocycles. The summed E-state index contributed by atoms with van der Waals surface area (Å²) < 4.78 is 0.732. The third-order valence-electron chi connectivity index (χ3n) is 3.18. The molecular formula is C13H15N3O4S. The standard InChI is InChI=1S/C13H15N3O4S/c1-2-3-8(13(17)18)6-14-9-4-5-10-11(15-7-21-10)12(9)16(19)20/h4-5,7-8,14H,2-3,6H2,1H3,(H,17,18). The molecule has 1 unspecified atom stereocenters. The highest BCUT2D eigenvalue weighted by Crippen LogP contribution is 2.34. The first-order valence-corrected chi connectivity index (χ1v) is 7.39. The molecule has 8 heteroatoms. The molecule has 0 aliphatic rings. The highest BCUT2D eigenvalue weighted by atomic mass is 32.1. The van der Waals surface area contributed by atoms with Crippen LogP contribution in [0.1, 0.15) is 19.8 Å². The van der Waals surface area contributed by atoms with E-state index in [-0.39, 0.29) is 12.2 Å². The number of aliphatic carboxylic acids is 1. The van der Waals surface area contributed by atoms with E-state index in [4.69, 9.17) is 5.11 Å². The highest BCUT2D eigenvalue weighted by Gasteiger charge is 2.22. The van der Waals surface area contributed by atoms with Gasteiger partial charge in [0.05, 0.1) is 21.1 Å². The Morgan fingerprint density at radius 3 is 2.95 bits per heavy atom. The van der Waals surface area contributed by atoms with E-state index in [0.717, 1.165) is 11.1 Å². The van der Waals surface area contributed by atoms with Crippen molar-refractivity contribution in [1.29, 1.82) is 0 Å². The predicted molar refractivity (Wildman–Crippen MR) is 80.8 cm³/mol. The molecule has 2 N–H and O–H groups in total. The maximum atomic E-state index is 11.3. The number of rotatable bonds is 7. The van der Waals surface area contributed by atoms with Crippen LogP contribution in [0, 0.1) is 16.0 Å². The minimum Gasteiger partial charge on any atom is -0.481 e. The van der Waals surface area contributed by atoms with Crippen LogP contribution in [0.5, 0.6) is 0 Å². The van der Waals surface area contributed by atoms with Crippen molar-refractivity contribution < 1.29 is 14.8 Å². The summed E-state index contributed by atoms with van der Waals surface area (Å²) in [6, 6.07) is 3.35. The first kappa shape index (κ1) is 15.2. The molecule has 1 aromatic heterocycles. The van der Waals surface area contributed by atoms with E-state index in [1.165, 1.54) is 11.3 Å². The summed E-state index contributed by atoms with van der Waals surface area (Å²) in [5, 5.41) is 23.3. The van der Waals surface area contributed by atoms with Gasteiger partial charge in [-0.05, 0) is 18.6 Å². The first-order chi connectivity index (χ1) is 10.0. The summed E-state index contributed by atoms with van der Waals surface area (Å²) >= 11 is 1.33. The van der Waals surface area contributed by atoms with Gasteiger partial charge >= 0.3 is 11.7 Å². The fraction of sp³-hybridized carbons (Fsp3) is 0.385. The van der Waals surface area contributed by atoms with Gasteiger partial charge in [-0.2, -0.15) is 0 Å². The fourth-order valence-corrected chi connectivity index (χ4v) is 2.82. The van der Waals surface area contributed by atoms with Crippen molar-refractivity contribution in [3.8, 4) is 0 Å². The smallest absolute Gasteiger partial charge is 0.319 e. The van der Waals surface area contributed by atoms with E-state index in [9.17, 15) is 14.9 Å². The molecule has 21 heavy (non-hydrogen) atoms. The Morgan fingerprint density at radius 1 is 1.57 bits per heavy atom. The zero-order chi connectivity index (χ0) is 15.4. The van der Waals surface area contributed by atoms with E-state index >= 15 is 0 Å². The number of hydrogen-bond acceptors (Lipinski definition) is 6. The number of nitro benzene ring substituents is 1. The van der Waals surface area contributed by atoms with E-state index in [1.807, 2.05) is 6.92 Å². The van der Waals surface area contributed by atoms with E-state index in [0.29, 0.717) is 17.6 Å². The second-order valence-electron chi connectivity index (χ2n) is 4.62. The third-order valence-corrected chi connectivity index (χ3v) is 3.98. The zero-order valence-corrected chi connectivity index (χ0v) is 12.2. The number of anilines is 1. The Morgan fingerprint density at radius 2 is 2.33 bits per heavy atom. The van der Waals surface area contributed by atoms with Crippen molar-refractivity contribution >= 4 is 38.9 Å². The number of carboxylic acids is 1. The van der Waals surface area contributed by atoms with Gasteiger partial charge in [0.2, 0.25) is 0 Å². The number of hydrogen-bond donors (Lipinski definition) is 2. The predicted octanol–water partition coefficient (Wildman–Crippen LogP) is 3.12. The molecule has 112 valence electrons. The summed E-state index contributed by atoms with van der Waals surface area (Å²) in [5.74, 6) is -1.47. The molecule has 0 fully saturated rings. The lowest BCUT2D eigenvalue weighted by atomic mass is 10.0. The molecule has 1 atom stereocenters. The molecular weight excluding hydrogens is 294 g/mol. The monoisotopic (exact) mass is 309 g/mol. The second kappa shape index (κ2) is 6.49. The molecule has 0 spiro atoms. The van der Waals surface area contributed by atoms with Crippen molar-refractivity contribution in [3.05, 3.63) is 27.8 Å². The molecule has 2 aromatic rings. The lowest BCUT2D eigenvalue weighted by molar-refractivity contribution is -0.382. The van der Waals surface area contributed by atoms with Gasteiger partial charge < -0.3 is 10.4 Å². The minimum atomic E-state index is -0.901. The van der Waals surface area contributed by atoms with Gasteiger partial charge in [-0.1, -0.05) is 13.3 Å². The van der Waals surface area contributed by atoms with Crippen molar-refractivity contribution in [3.63, 3.8) is 0 Å². The molecule has 1 heterocycles. The van der Waals surface area contributed by atoms with E-state index in [2.05, 4.69) is 10.3 Å². The average Bonchev–Trinajstić information content (AvgIpc) is 2.90. The van der Waals surface area contributed by atoms with Gasteiger partial charge in [0.1, 0.15) is 5.69 Å². The number of benzene rings is 1. The quantitative estimate of drug-likeness (QED) is 0.601. The van der Waals surface area contributed by atoms with Crippen molar-refractivity contribution in [2.45, 2.75) is 19.8 Å².